The fourth-order valence-corrected chi connectivity index (χ4v) is 5.97. The molecule has 3 aromatic rings. The average Bonchev–Trinajstić information content (AvgIpc) is 3.08. The summed E-state index contributed by atoms with van der Waals surface area (Å²) in [4.78, 5) is 35.0. The van der Waals surface area contributed by atoms with Gasteiger partial charge in [0.2, 0.25) is 5.91 Å². The summed E-state index contributed by atoms with van der Waals surface area (Å²) in [6, 6.07) is 7.83. The summed E-state index contributed by atoms with van der Waals surface area (Å²) >= 11 is 2.85. The Labute approximate surface area is 202 Å². The van der Waals surface area contributed by atoms with Crippen molar-refractivity contribution in [2.24, 2.45) is 0 Å². The minimum absolute atomic E-state index is 0.0364. The van der Waals surface area contributed by atoms with Gasteiger partial charge in [0.1, 0.15) is 4.83 Å². The number of anilines is 2. The second kappa shape index (κ2) is 9.87. The van der Waals surface area contributed by atoms with Crippen LogP contribution in [0.1, 0.15) is 37.3 Å². The van der Waals surface area contributed by atoms with E-state index in [1.807, 2.05) is 58.9 Å². The second-order valence-electron chi connectivity index (χ2n) is 8.52. The first-order chi connectivity index (χ1) is 15.8. The van der Waals surface area contributed by atoms with Crippen LogP contribution in [0.5, 0.6) is 0 Å². The lowest BCUT2D eigenvalue weighted by molar-refractivity contribution is -0.115. The Balaban J connectivity index is 1.50. The molecule has 0 unspecified atom stereocenters. The zero-order chi connectivity index (χ0) is 23.7. The fraction of sp³-hybridized carbons (Fsp3) is 0.458. The van der Waals surface area contributed by atoms with Crippen LogP contribution in [0.15, 0.2) is 34.2 Å². The van der Waals surface area contributed by atoms with Gasteiger partial charge in [-0.2, -0.15) is 0 Å². The number of hydrogen-bond acceptors (Lipinski definition) is 7. The van der Waals surface area contributed by atoms with E-state index in [4.69, 9.17) is 9.72 Å². The number of nitrogens with zero attached hydrogens (tertiary/aromatic N) is 3. The number of aryl methyl sites for hydroxylation is 2. The number of rotatable bonds is 6. The van der Waals surface area contributed by atoms with Crippen LogP contribution in [0.2, 0.25) is 0 Å². The molecule has 1 atom stereocenters. The fourth-order valence-electron chi connectivity index (χ4n) is 3.86. The van der Waals surface area contributed by atoms with Crippen molar-refractivity contribution in [2.75, 3.05) is 36.5 Å². The van der Waals surface area contributed by atoms with Crippen LogP contribution in [0.4, 0.5) is 11.4 Å². The molecule has 9 heteroatoms. The highest BCUT2D eigenvalue weighted by Crippen LogP contribution is 2.31. The average molecular weight is 487 g/mol. The molecule has 0 saturated carbocycles. The molecule has 4 rings (SSSR count). The molecule has 1 amide bonds. The molecular weight excluding hydrogens is 456 g/mol. The van der Waals surface area contributed by atoms with Gasteiger partial charge in [-0.05, 0) is 64.4 Å². The quantitative estimate of drug-likeness (QED) is 0.405. The number of fused-ring (bicyclic) bond motifs is 1. The third-order valence-electron chi connectivity index (χ3n) is 5.88. The van der Waals surface area contributed by atoms with Gasteiger partial charge in [0, 0.05) is 35.4 Å². The highest BCUT2D eigenvalue weighted by Gasteiger charge is 2.23. The predicted molar refractivity (Wildman–Crippen MR) is 137 cm³/mol. The van der Waals surface area contributed by atoms with E-state index in [9.17, 15) is 9.59 Å². The molecule has 1 saturated heterocycles. The number of carbonyl (C=O) groups is 1. The normalized spacial score (nSPS) is 15.3. The standard InChI is InChI=1S/C24H30N4O3S2/c1-14(2)28-23(30)20-15(3)16(4)32-22(20)26-24(28)33-17(5)21(29)25-18-6-8-19(9-7-18)27-10-12-31-13-11-27/h6-9,14,17H,10-13H2,1-5H3,(H,25,29)/t17-/m0/s1. The first-order valence-electron chi connectivity index (χ1n) is 11.2. The van der Waals surface area contributed by atoms with Gasteiger partial charge >= 0.3 is 0 Å². The van der Waals surface area contributed by atoms with Crippen LogP contribution in [0.25, 0.3) is 10.2 Å². The SMILES string of the molecule is Cc1sc2nc(S[C@@H](C)C(=O)Nc3ccc(N4CCOCC4)cc3)n(C(C)C)c(=O)c2c1C. The van der Waals surface area contributed by atoms with Gasteiger partial charge in [0.05, 0.1) is 23.8 Å². The third kappa shape index (κ3) is 4.95. The molecule has 1 N–H and O–H groups in total. The minimum Gasteiger partial charge on any atom is -0.378 e. The number of ether oxygens (including phenoxy) is 1. The number of thiophene rings is 1. The summed E-state index contributed by atoms with van der Waals surface area (Å²) in [7, 11) is 0. The number of amides is 1. The van der Waals surface area contributed by atoms with Gasteiger partial charge in [0.25, 0.3) is 5.56 Å². The summed E-state index contributed by atoms with van der Waals surface area (Å²) in [6.07, 6.45) is 0. The van der Waals surface area contributed by atoms with E-state index in [1.165, 1.54) is 23.1 Å². The predicted octanol–water partition coefficient (Wildman–Crippen LogP) is 4.61. The van der Waals surface area contributed by atoms with Crippen LogP contribution >= 0.6 is 23.1 Å². The van der Waals surface area contributed by atoms with E-state index in [-0.39, 0.29) is 17.5 Å². The molecule has 7 nitrogen and oxygen atoms in total. The van der Waals surface area contributed by atoms with Crippen molar-refractivity contribution < 1.29 is 9.53 Å². The Morgan fingerprint density at radius 3 is 2.45 bits per heavy atom. The first kappa shape index (κ1) is 23.8. The Morgan fingerprint density at radius 2 is 1.82 bits per heavy atom. The van der Waals surface area contributed by atoms with Gasteiger partial charge in [-0.25, -0.2) is 4.98 Å². The largest absolute Gasteiger partial charge is 0.378 e. The minimum atomic E-state index is -0.416. The van der Waals surface area contributed by atoms with Crippen molar-refractivity contribution in [1.29, 1.82) is 0 Å². The number of hydrogen-bond donors (Lipinski definition) is 1. The lowest BCUT2D eigenvalue weighted by atomic mass is 10.2. The smallest absolute Gasteiger partial charge is 0.263 e. The molecular formula is C24H30N4O3S2. The molecule has 0 aliphatic carbocycles. The third-order valence-corrected chi connectivity index (χ3v) is 8.05. The number of thioether (sulfide) groups is 1. The Bertz CT molecular complexity index is 1210. The Morgan fingerprint density at radius 1 is 1.15 bits per heavy atom. The number of aromatic nitrogens is 2. The van der Waals surface area contributed by atoms with Crippen LogP contribution in [-0.2, 0) is 9.53 Å². The summed E-state index contributed by atoms with van der Waals surface area (Å²) in [5, 5.41) is 3.84. The second-order valence-corrected chi connectivity index (χ2v) is 11.0. The van der Waals surface area contributed by atoms with Gasteiger partial charge in [-0.1, -0.05) is 11.8 Å². The zero-order valence-corrected chi connectivity index (χ0v) is 21.3. The summed E-state index contributed by atoms with van der Waals surface area (Å²) < 4.78 is 7.11. The summed E-state index contributed by atoms with van der Waals surface area (Å²) in [5.74, 6) is -0.123. The van der Waals surface area contributed by atoms with Crippen molar-refractivity contribution >= 4 is 50.6 Å². The highest BCUT2D eigenvalue weighted by molar-refractivity contribution is 8.00. The van der Waals surface area contributed by atoms with Gasteiger partial charge < -0.3 is 15.0 Å². The molecule has 0 bridgehead atoms. The van der Waals surface area contributed by atoms with E-state index < -0.39 is 5.25 Å². The monoisotopic (exact) mass is 486 g/mol. The Kier molecular flexibility index (Phi) is 7.11. The van der Waals surface area contributed by atoms with Crippen molar-refractivity contribution in [2.45, 2.75) is 51.1 Å². The maximum absolute atomic E-state index is 13.2. The molecule has 1 aliphatic heterocycles. The molecule has 1 fully saturated rings. The van der Waals surface area contributed by atoms with Gasteiger partial charge in [0.15, 0.2) is 5.16 Å². The summed E-state index contributed by atoms with van der Waals surface area (Å²) in [5.41, 5.74) is 2.83. The molecule has 2 aromatic heterocycles. The van der Waals surface area contributed by atoms with Crippen molar-refractivity contribution in [3.05, 3.63) is 45.1 Å². The topological polar surface area (TPSA) is 76.5 Å². The summed E-state index contributed by atoms with van der Waals surface area (Å²) in [6.45, 7) is 13.0. The lowest BCUT2D eigenvalue weighted by Gasteiger charge is -2.29. The van der Waals surface area contributed by atoms with Crippen LogP contribution in [-0.4, -0.2) is 47.0 Å². The van der Waals surface area contributed by atoms with E-state index in [2.05, 4.69) is 10.2 Å². The van der Waals surface area contributed by atoms with E-state index in [0.717, 1.165) is 52.9 Å². The highest BCUT2D eigenvalue weighted by atomic mass is 32.2. The maximum atomic E-state index is 13.2. The van der Waals surface area contributed by atoms with Crippen molar-refractivity contribution in [3.8, 4) is 0 Å². The number of nitrogens with one attached hydrogen (secondary N) is 1. The lowest BCUT2D eigenvalue weighted by Crippen LogP contribution is -2.36. The zero-order valence-electron chi connectivity index (χ0n) is 19.7. The molecule has 176 valence electrons. The van der Waals surface area contributed by atoms with Crippen molar-refractivity contribution in [3.63, 3.8) is 0 Å². The molecule has 1 aliphatic rings. The van der Waals surface area contributed by atoms with Crippen molar-refractivity contribution in [1.82, 2.24) is 9.55 Å². The number of carbonyl (C=O) groups excluding carboxylic acids is 1. The molecule has 3 heterocycles. The van der Waals surface area contributed by atoms with Crippen LogP contribution in [0.3, 0.4) is 0 Å². The molecule has 0 radical (unpaired) electrons. The molecule has 1 aromatic carbocycles. The first-order valence-corrected chi connectivity index (χ1v) is 12.9. The van der Waals surface area contributed by atoms with Crippen LogP contribution < -0.4 is 15.8 Å². The van der Waals surface area contributed by atoms with Gasteiger partial charge in [-0.15, -0.1) is 11.3 Å². The van der Waals surface area contributed by atoms with Gasteiger partial charge in [-0.3, -0.25) is 14.2 Å². The van der Waals surface area contributed by atoms with E-state index >= 15 is 0 Å². The van der Waals surface area contributed by atoms with E-state index in [0.29, 0.717) is 10.5 Å². The van der Waals surface area contributed by atoms with Crippen LogP contribution in [0, 0.1) is 13.8 Å². The number of benzene rings is 1. The number of morpholine rings is 1. The molecule has 33 heavy (non-hydrogen) atoms. The Hall–Kier alpha value is -2.36. The maximum Gasteiger partial charge on any atom is 0.263 e. The molecule has 0 spiro atoms. The van der Waals surface area contributed by atoms with E-state index in [1.54, 1.807) is 4.57 Å².